The average molecular weight is 254 g/mol. The normalized spacial score (nSPS) is 26.4. The van der Waals surface area contributed by atoms with Crippen LogP contribution in [0, 0.1) is 0 Å². The molecule has 18 heavy (non-hydrogen) atoms. The van der Waals surface area contributed by atoms with Crippen LogP contribution in [0.1, 0.15) is 51.9 Å². The molecule has 1 amide bonds. The topological polar surface area (TPSA) is 50.4 Å². The first-order chi connectivity index (χ1) is 8.74. The third kappa shape index (κ3) is 3.69. The molecule has 104 valence electrons. The van der Waals surface area contributed by atoms with Crippen molar-refractivity contribution in [3.63, 3.8) is 0 Å². The molecule has 1 saturated carbocycles. The van der Waals surface area contributed by atoms with E-state index in [1.165, 1.54) is 38.5 Å². The number of hydrogen-bond donors (Lipinski definition) is 2. The molecule has 1 aliphatic heterocycles. The molecule has 0 bridgehead atoms. The van der Waals surface area contributed by atoms with Crippen molar-refractivity contribution in [2.45, 2.75) is 63.6 Å². The maximum atomic E-state index is 11.3. The Morgan fingerprint density at radius 2 is 2.06 bits per heavy atom. The highest BCUT2D eigenvalue weighted by Gasteiger charge is 2.40. The highest BCUT2D eigenvalue weighted by molar-refractivity contribution is 5.77. The van der Waals surface area contributed by atoms with Crippen LogP contribution >= 0.6 is 0 Å². The van der Waals surface area contributed by atoms with Gasteiger partial charge in [0.2, 0.25) is 5.91 Å². The summed E-state index contributed by atoms with van der Waals surface area (Å²) in [7, 11) is 0. The van der Waals surface area contributed by atoms with Crippen LogP contribution in [0.3, 0.4) is 0 Å². The van der Waals surface area contributed by atoms with Gasteiger partial charge in [-0.05, 0) is 32.6 Å². The third-order valence-electron chi connectivity index (χ3n) is 4.13. The minimum Gasteiger partial charge on any atom is -0.370 e. The second kappa shape index (κ2) is 6.53. The number of ether oxygens (including phenoxy) is 1. The minimum atomic E-state index is 0.0721. The molecule has 1 unspecified atom stereocenters. The number of likely N-dealkylation sites (N-methyl/N-ethyl adjacent to an activating group) is 1. The van der Waals surface area contributed by atoms with Crippen LogP contribution in [-0.4, -0.2) is 37.2 Å². The highest BCUT2D eigenvalue weighted by atomic mass is 16.5. The Morgan fingerprint density at radius 3 is 2.78 bits per heavy atom. The van der Waals surface area contributed by atoms with Gasteiger partial charge in [-0.3, -0.25) is 4.79 Å². The van der Waals surface area contributed by atoms with Crippen molar-refractivity contribution in [1.29, 1.82) is 0 Å². The summed E-state index contributed by atoms with van der Waals surface area (Å²) in [6.45, 7) is 3.84. The van der Waals surface area contributed by atoms with Crippen LogP contribution < -0.4 is 10.6 Å². The van der Waals surface area contributed by atoms with Crippen LogP contribution in [0.4, 0.5) is 0 Å². The van der Waals surface area contributed by atoms with Crippen molar-refractivity contribution in [3.05, 3.63) is 0 Å². The lowest BCUT2D eigenvalue weighted by Gasteiger charge is -2.33. The molecule has 0 aromatic heterocycles. The van der Waals surface area contributed by atoms with E-state index in [1.807, 2.05) is 6.92 Å². The Bertz CT molecular complexity index is 275. The smallest absolute Gasteiger partial charge is 0.233 e. The summed E-state index contributed by atoms with van der Waals surface area (Å²) >= 11 is 0. The largest absolute Gasteiger partial charge is 0.370 e. The molecule has 0 radical (unpaired) electrons. The molecule has 2 rings (SSSR count). The maximum Gasteiger partial charge on any atom is 0.233 e. The fourth-order valence-corrected chi connectivity index (χ4v) is 3.21. The predicted octanol–water partition coefficient (Wildman–Crippen LogP) is 1.59. The van der Waals surface area contributed by atoms with Gasteiger partial charge < -0.3 is 15.4 Å². The molecule has 1 spiro atoms. The molecule has 2 N–H and O–H groups in total. The summed E-state index contributed by atoms with van der Waals surface area (Å²) in [6.07, 6.45) is 9.13. The standard InChI is InChI=1S/C14H26N2O2/c1-2-16-13(17)11-15-10-12-6-9-14(18-12)7-4-3-5-8-14/h12,15H,2-11H2,1H3,(H,16,17). The molecule has 1 heterocycles. The number of hydrogen-bond acceptors (Lipinski definition) is 3. The quantitative estimate of drug-likeness (QED) is 0.783. The molecule has 0 aromatic rings. The lowest BCUT2D eigenvalue weighted by molar-refractivity contribution is -0.120. The first-order valence-electron chi connectivity index (χ1n) is 7.39. The zero-order valence-corrected chi connectivity index (χ0v) is 11.5. The second-order valence-electron chi connectivity index (χ2n) is 5.61. The SMILES string of the molecule is CCNC(=O)CNCC1CCC2(CCCCC2)O1. The Kier molecular flexibility index (Phi) is 5.01. The summed E-state index contributed by atoms with van der Waals surface area (Å²) in [4.78, 5) is 11.3. The van der Waals surface area contributed by atoms with Gasteiger partial charge in [-0.2, -0.15) is 0 Å². The molecule has 1 atom stereocenters. The molecule has 1 aliphatic carbocycles. The van der Waals surface area contributed by atoms with Crippen LogP contribution in [0.5, 0.6) is 0 Å². The monoisotopic (exact) mass is 254 g/mol. The van der Waals surface area contributed by atoms with Crippen molar-refractivity contribution in [2.24, 2.45) is 0 Å². The van der Waals surface area contributed by atoms with Crippen LogP contribution in [0.2, 0.25) is 0 Å². The summed E-state index contributed by atoms with van der Waals surface area (Å²) in [5, 5.41) is 5.98. The fraction of sp³-hybridized carbons (Fsp3) is 0.929. The summed E-state index contributed by atoms with van der Waals surface area (Å²) in [5.74, 6) is 0.0721. The Labute approximate surface area is 110 Å². The second-order valence-corrected chi connectivity index (χ2v) is 5.61. The molecule has 1 saturated heterocycles. The van der Waals surface area contributed by atoms with E-state index in [2.05, 4.69) is 10.6 Å². The van der Waals surface area contributed by atoms with E-state index in [-0.39, 0.29) is 11.5 Å². The van der Waals surface area contributed by atoms with E-state index in [4.69, 9.17) is 4.74 Å². The minimum absolute atomic E-state index is 0.0721. The molecule has 4 heteroatoms. The number of amides is 1. The number of carbonyl (C=O) groups is 1. The molecule has 4 nitrogen and oxygen atoms in total. The molecular weight excluding hydrogens is 228 g/mol. The fourth-order valence-electron chi connectivity index (χ4n) is 3.21. The zero-order valence-electron chi connectivity index (χ0n) is 11.5. The predicted molar refractivity (Wildman–Crippen MR) is 71.5 cm³/mol. The van der Waals surface area contributed by atoms with Gasteiger partial charge >= 0.3 is 0 Å². The summed E-state index contributed by atoms with van der Waals surface area (Å²) in [5.41, 5.74) is 0.191. The maximum absolute atomic E-state index is 11.3. The van der Waals surface area contributed by atoms with Crippen molar-refractivity contribution >= 4 is 5.91 Å². The Morgan fingerprint density at radius 1 is 1.28 bits per heavy atom. The van der Waals surface area contributed by atoms with Crippen LogP contribution in [-0.2, 0) is 9.53 Å². The van der Waals surface area contributed by atoms with Gasteiger partial charge in [-0.15, -0.1) is 0 Å². The van der Waals surface area contributed by atoms with Crippen molar-refractivity contribution in [2.75, 3.05) is 19.6 Å². The lowest BCUT2D eigenvalue weighted by Crippen LogP contribution is -2.38. The molecule has 0 aromatic carbocycles. The lowest BCUT2D eigenvalue weighted by atomic mass is 9.83. The van der Waals surface area contributed by atoms with Gasteiger partial charge in [0.15, 0.2) is 0 Å². The first kappa shape index (κ1) is 13.8. The van der Waals surface area contributed by atoms with Gasteiger partial charge in [-0.1, -0.05) is 19.3 Å². The number of nitrogens with one attached hydrogen (secondary N) is 2. The van der Waals surface area contributed by atoms with E-state index >= 15 is 0 Å². The summed E-state index contributed by atoms with van der Waals surface area (Å²) < 4.78 is 6.24. The van der Waals surface area contributed by atoms with Crippen molar-refractivity contribution in [1.82, 2.24) is 10.6 Å². The third-order valence-corrected chi connectivity index (χ3v) is 4.13. The van der Waals surface area contributed by atoms with Gasteiger partial charge in [0, 0.05) is 13.1 Å². The Balaban J connectivity index is 1.65. The van der Waals surface area contributed by atoms with Crippen LogP contribution in [0.25, 0.3) is 0 Å². The van der Waals surface area contributed by atoms with Crippen molar-refractivity contribution < 1.29 is 9.53 Å². The zero-order chi connectivity index (χ0) is 12.8. The summed E-state index contributed by atoms with van der Waals surface area (Å²) in [6, 6.07) is 0. The van der Waals surface area contributed by atoms with Crippen LogP contribution in [0.15, 0.2) is 0 Å². The van der Waals surface area contributed by atoms with Gasteiger partial charge in [0.1, 0.15) is 0 Å². The molecule has 2 aliphatic rings. The van der Waals surface area contributed by atoms with Gasteiger partial charge in [0.05, 0.1) is 18.2 Å². The van der Waals surface area contributed by atoms with Gasteiger partial charge in [0.25, 0.3) is 0 Å². The number of rotatable bonds is 5. The number of carbonyl (C=O) groups excluding carboxylic acids is 1. The van der Waals surface area contributed by atoms with E-state index in [0.717, 1.165) is 13.0 Å². The highest BCUT2D eigenvalue weighted by Crippen LogP contribution is 2.41. The molecule has 2 fully saturated rings. The van der Waals surface area contributed by atoms with E-state index in [9.17, 15) is 4.79 Å². The average Bonchev–Trinajstić information content (AvgIpc) is 2.74. The van der Waals surface area contributed by atoms with E-state index in [0.29, 0.717) is 19.2 Å². The van der Waals surface area contributed by atoms with E-state index in [1.54, 1.807) is 0 Å². The first-order valence-corrected chi connectivity index (χ1v) is 7.39. The molecular formula is C14H26N2O2. The van der Waals surface area contributed by atoms with Gasteiger partial charge in [-0.25, -0.2) is 0 Å². The van der Waals surface area contributed by atoms with Crippen molar-refractivity contribution in [3.8, 4) is 0 Å². The van der Waals surface area contributed by atoms with E-state index < -0.39 is 0 Å². The Hall–Kier alpha value is -0.610.